The fourth-order valence-corrected chi connectivity index (χ4v) is 3.24. The number of aliphatic carboxylic acids is 1. The van der Waals surface area contributed by atoms with E-state index in [4.69, 9.17) is 9.84 Å². The summed E-state index contributed by atoms with van der Waals surface area (Å²) in [5.41, 5.74) is 2.51. The fourth-order valence-electron chi connectivity index (χ4n) is 3.24. The number of amides is 1. The second kappa shape index (κ2) is 7.24. The molecule has 24 heavy (non-hydrogen) atoms. The molecule has 0 aliphatic carbocycles. The van der Waals surface area contributed by atoms with Gasteiger partial charge in [0.05, 0.1) is 0 Å². The molecule has 1 N–H and O–H groups in total. The standard InChI is InChI=1S/C19H27NO4/c1-13-10-15(11-14(2)17(13)24-12-16(21)22)18(23)20-8-5-6-19(3,4)7-9-20/h10-11H,5-9,12H2,1-4H3,(H,21,22). The molecular formula is C19H27NO4. The van der Waals surface area contributed by atoms with Crippen molar-refractivity contribution in [2.45, 2.75) is 47.0 Å². The van der Waals surface area contributed by atoms with Crippen LogP contribution in [0.1, 0.15) is 54.6 Å². The van der Waals surface area contributed by atoms with Crippen LogP contribution in [0, 0.1) is 19.3 Å². The van der Waals surface area contributed by atoms with Gasteiger partial charge in [-0.05, 0) is 61.8 Å². The van der Waals surface area contributed by atoms with Gasteiger partial charge in [-0.3, -0.25) is 4.79 Å². The highest BCUT2D eigenvalue weighted by Gasteiger charge is 2.26. The molecule has 0 spiro atoms. The van der Waals surface area contributed by atoms with Crippen molar-refractivity contribution in [2.75, 3.05) is 19.7 Å². The van der Waals surface area contributed by atoms with Crippen LogP contribution in [0.25, 0.3) is 0 Å². The van der Waals surface area contributed by atoms with E-state index in [1.165, 1.54) is 0 Å². The van der Waals surface area contributed by atoms with Crippen molar-refractivity contribution in [3.63, 3.8) is 0 Å². The highest BCUT2D eigenvalue weighted by atomic mass is 16.5. The molecule has 1 aliphatic rings. The van der Waals surface area contributed by atoms with Gasteiger partial charge in [0.1, 0.15) is 5.75 Å². The summed E-state index contributed by atoms with van der Waals surface area (Å²) in [4.78, 5) is 25.4. The van der Waals surface area contributed by atoms with Gasteiger partial charge in [0.15, 0.2) is 6.61 Å². The monoisotopic (exact) mass is 333 g/mol. The van der Waals surface area contributed by atoms with Crippen LogP contribution in [-0.2, 0) is 4.79 Å². The van der Waals surface area contributed by atoms with Gasteiger partial charge in [0.2, 0.25) is 0 Å². The van der Waals surface area contributed by atoms with E-state index in [9.17, 15) is 9.59 Å². The molecular weight excluding hydrogens is 306 g/mol. The minimum absolute atomic E-state index is 0.0451. The molecule has 1 amide bonds. The van der Waals surface area contributed by atoms with Gasteiger partial charge >= 0.3 is 5.97 Å². The lowest BCUT2D eigenvalue weighted by atomic mass is 9.85. The summed E-state index contributed by atoms with van der Waals surface area (Å²) in [6.45, 7) is 9.38. The molecule has 132 valence electrons. The number of carbonyl (C=O) groups is 2. The van der Waals surface area contributed by atoms with E-state index in [-0.39, 0.29) is 17.9 Å². The van der Waals surface area contributed by atoms with Crippen molar-refractivity contribution in [2.24, 2.45) is 5.41 Å². The molecule has 5 heteroatoms. The Hall–Kier alpha value is -2.04. The lowest BCUT2D eigenvalue weighted by Crippen LogP contribution is -2.32. The summed E-state index contributed by atoms with van der Waals surface area (Å²) in [7, 11) is 0. The first kappa shape index (κ1) is 18.3. The first-order chi connectivity index (χ1) is 11.2. The maximum absolute atomic E-state index is 12.8. The lowest BCUT2D eigenvalue weighted by molar-refractivity contribution is -0.139. The van der Waals surface area contributed by atoms with Crippen molar-refractivity contribution in [3.05, 3.63) is 28.8 Å². The van der Waals surface area contributed by atoms with Crippen LogP contribution in [0.4, 0.5) is 0 Å². The van der Waals surface area contributed by atoms with Gasteiger partial charge in [-0.15, -0.1) is 0 Å². The van der Waals surface area contributed by atoms with Crippen LogP contribution in [0.15, 0.2) is 12.1 Å². The number of hydrogen-bond donors (Lipinski definition) is 1. The molecule has 0 bridgehead atoms. The zero-order valence-corrected chi connectivity index (χ0v) is 15.0. The fraction of sp³-hybridized carbons (Fsp3) is 0.579. The van der Waals surface area contributed by atoms with Crippen molar-refractivity contribution >= 4 is 11.9 Å². The number of ether oxygens (including phenoxy) is 1. The Balaban J connectivity index is 2.16. The molecule has 1 aromatic rings. The van der Waals surface area contributed by atoms with Crippen molar-refractivity contribution in [1.29, 1.82) is 0 Å². The summed E-state index contributed by atoms with van der Waals surface area (Å²) in [5, 5.41) is 8.75. The van der Waals surface area contributed by atoms with E-state index < -0.39 is 5.97 Å². The van der Waals surface area contributed by atoms with E-state index in [2.05, 4.69) is 13.8 Å². The topological polar surface area (TPSA) is 66.8 Å². The number of likely N-dealkylation sites (tertiary alicyclic amines) is 1. The number of hydrogen-bond acceptors (Lipinski definition) is 3. The molecule has 1 saturated heterocycles. The number of carboxylic acid groups (broad SMARTS) is 1. The molecule has 0 unspecified atom stereocenters. The second-order valence-electron chi connectivity index (χ2n) is 7.43. The van der Waals surface area contributed by atoms with E-state index in [0.29, 0.717) is 11.3 Å². The average molecular weight is 333 g/mol. The molecule has 0 atom stereocenters. The SMILES string of the molecule is Cc1cc(C(=O)N2CCCC(C)(C)CC2)cc(C)c1OCC(=O)O. The molecule has 0 aromatic heterocycles. The van der Waals surface area contributed by atoms with Gasteiger partial charge in [-0.25, -0.2) is 4.79 Å². The van der Waals surface area contributed by atoms with E-state index >= 15 is 0 Å². The number of benzene rings is 1. The number of rotatable bonds is 4. The van der Waals surface area contributed by atoms with Crippen LogP contribution in [0.5, 0.6) is 5.75 Å². The molecule has 1 aromatic carbocycles. The summed E-state index contributed by atoms with van der Waals surface area (Å²) < 4.78 is 5.33. The predicted octanol–water partition coefficient (Wildman–Crippen LogP) is 3.42. The first-order valence-electron chi connectivity index (χ1n) is 8.45. The van der Waals surface area contributed by atoms with Crippen LogP contribution in [-0.4, -0.2) is 41.6 Å². The molecule has 1 aliphatic heterocycles. The number of carbonyl (C=O) groups excluding carboxylic acids is 1. The Labute approximate surface area is 143 Å². The third-order valence-electron chi connectivity index (χ3n) is 4.67. The second-order valence-corrected chi connectivity index (χ2v) is 7.43. The van der Waals surface area contributed by atoms with Gasteiger partial charge < -0.3 is 14.7 Å². The number of nitrogens with zero attached hydrogens (tertiary/aromatic N) is 1. The normalized spacial score (nSPS) is 17.2. The zero-order chi connectivity index (χ0) is 17.9. The summed E-state index contributed by atoms with van der Waals surface area (Å²) in [6, 6.07) is 3.59. The number of aryl methyl sites for hydroxylation is 2. The largest absolute Gasteiger partial charge is 0.481 e. The quantitative estimate of drug-likeness (QED) is 0.917. The zero-order valence-electron chi connectivity index (χ0n) is 15.0. The Bertz CT molecular complexity index is 613. The Morgan fingerprint density at radius 3 is 2.38 bits per heavy atom. The summed E-state index contributed by atoms with van der Waals surface area (Å²) >= 11 is 0. The van der Waals surface area contributed by atoms with Crippen molar-refractivity contribution in [3.8, 4) is 5.75 Å². The molecule has 0 saturated carbocycles. The average Bonchev–Trinajstić information content (AvgIpc) is 2.66. The minimum Gasteiger partial charge on any atom is -0.481 e. The van der Waals surface area contributed by atoms with E-state index in [0.717, 1.165) is 43.5 Å². The molecule has 0 radical (unpaired) electrons. The van der Waals surface area contributed by atoms with Crippen molar-refractivity contribution in [1.82, 2.24) is 4.90 Å². The predicted molar refractivity (Wildman–Crippen MR) is 92.6 cm³/mol. The molecule has 5 nitrogen and oxygen atoms in total. The Morgan fingerprint density at radius 2 is 1.79 bits per heavy atom. The van der Waals surface area contributed by atoms with Gasteiger partial charge in [-0.2, -0.15) is 0 Å². The number of carboxylic acids is 1. The van der Waals surface area contributed by atoms with Gasteiger partial charge in [-0.1, -0.05) is 13.8 Å². The third-order valence-corrected chi connectivity index (χ3v) is 4.67. The van der Waals surface area contributed by atoms with Crippen LogP contribution in [0.3, 0.4) is 0 Å². The Kier molecular flexibility index (Phi) is 5.52. The first-order valence-corrected chi connectivity index (χ1v) is 8.45. The highest BCUT2D eigenvalue weighted by Crippen LogP contribution is 2.31. The molecule has 2 rings (SSSR count). The minimum atomic E-state index is -1.01. The summed E-state index contributed by atoms with van der Waals surface area (Å²) in [6.07, 6.45) is 3.17. The molecule has 1 fully saturated rings. The van der Waals surface area contributed by atoms with E-state index in [1.807, 2.05) is 18.7 Å². The van der Waals surface area contributed by atoms with Gasteiger partial charge in [0.25, 0.3) is 5.91 Å². The molecule has 1 heterocycles. The van der Waals surface area contributed by atoms with Crippen LogP contribution in [0.2, 0.25) is 0 Å². The van der Waals surface area contributed by atoms with Crippen LogP contribution >= 0.6 is 0 Å². The maximum Gasteiger partial charge on any atom is 0.341 e. The highest BCUT2D eigenvalue weighted by molar-refractivity contribution is 5.95. The smallest absolute Gasteiger partial charge is 0.341 e. The van der Waals surface area contributed by atoms with E-state index in [1.54, 1.807) is 12.1 Å². The Morgan fingerprint density at radius 1 is 1.17 bits per heavy atom. The summed E-state index contributed by atoms with van der Waals surface area (Å²) in [5.74, 6) is -0.421. The lowest BCUT2D eigenvalue weighted by Gasteiger charge is -2.24. The van der Waals surface area contributed by atoms with Crippen LogP contribution < -0.4 is 4.74 Å². The third kappa shape index (κ3) is 4.49. The van der Waals surface area contributed by atoms with Crippen molar-refractivity contribution < 1.29 is 19.4 Å². The maximum atomic E-state index is 12.8. The van der Waals surface area contributed by atoms with Gasteiger partial charge in [0, 0.05) is 18.7 Å².